The minimum Gasteiger partial charge on any atom is -0.481 e. The molecule has 3 N–H and O–H groups in total. The van der Waals surface area contributed by atoms with E-state index < -0.39 is 86.5 Å². The molecule has 2 aliphatic carbocycles. The average Bonchev–Trinajstić information content (AvgIpc) is 3.45. The fourth-order valence-electron chi connectivity index (χ4n) is 5.32. The molecule has 2 aliphatic rings. The number of nitrogens with two attached hydrogens (primary N) is 1. The molecule has 0 aromatic heterocycles. The SMILES string of the molecule is N#CC1(C(N)=O)CC1[C@@]1(C(=O)O)C[C@H](S(=O)(=O)c2ccccc2Cl)C[C@@H]1OCc1c(F)cc(Cl)cc1F. The first-order valence-electron chi connectivity index (χ1n) is 11.0. The normalized spacial score (nSPS) is 29.0. The van der Waals surface area contributed by atoms with Gasteiger partial charge < -0.3 is 15.6 Å². The van der Waals surface area contributed by atoms with E-state index in [9.17, 15) is 37.2 Å². The lowest BCUT2D eigenvalue weighted by atomic mass is 9.75. The third-order valence-electron chi connectivity index (χ3n) is 7.35. The number of halogens is 4. The van der Waals surface area contributed by atoms with Gasteiger partial charge in [-0.2, -0.15) is 5.26 Å². The minimum atomic E-state index is -4.22. The van der Waals surface area contributed by atoms with Crippen LogP contribution < -0.4 is 5.73 Å². The molecule has 5 atom stereocenters. The number of hydrogen-bond donors (Lipinski definition) is 2. The largest absolute Gasteiger partial charge is 0.481 e. The summed E-state index contributed by atoms with van der Waals surface area (Å²) >= 11 is 11.8. The summed E-state index contributed by atoms with van der Waals surface area (Å²) in [6.45, 7) is -0.754. The van der Waals surface area contributed by atoms with Crippen LogP contribution in [0.4, 0.5) is 8.78 Å². The van der Waals surface area contributed by atoms with Gasteiger partial charge >= 0.3 is 5.97 Å². The van der Waals surface area contributed by atoms with Crippen LogP contribution in [-0.4, -0.2) is 36.8 Å². The van der Waals surface area contributed by atoms with Gasteiger partial charge in [0, 0.05) is 16.5 Å². The maximum absolute atomic E-state index is 14.4. The number of benzene rings is 2. The highest BCUT2D eigenvalue weighted by Gasteiger charge is 2.75. The molecule has 2 saturated carbocycles. The van der Waals surface area contributed by atoms with E-state index in [-0.39, 0.29) is 21.4 Å². The Morgan fingerprint density at radius 3 is 2.32 bits per heavy atom. The molecule has 0 bridgehead atoms. The van der Waals surface area contributed by atoms with Crippen LogP contribution in [0.3, 0.4) is 0 Å². The Morgan fingerprint density at radius 2 is 1.81 bits per heavy atom. The molecular formula is C24H20Cl2F2N2O6S. The number of nitriles is 1. The Balaban J connectivity index is 1.77. The monoisotopic (exact) mass is 572 g/mol. The van der Waals surface area contributed by atoms with E-state index in [1.165, 1.54) is 24.3 Å². The lowest BCUT2D eigenvalue weighted by Crippen LogP contribution is -2.45. The van der Waals surface area contributed by atoms with Crippen LogP contribution in [0.2, 0.25) is 10.0 Å². The van der Waals surface area contributed by atoms with Crippen LogP contribution in [0.25, 0.3) is 0 Å². The molecule has 4 rings (SSSR count). The molecule has 0 aliphatic heterocycles. The van der Waals surface area contributed by atoms with Gasteiger partial charge in [-0.15, -0.1) is 0 Å². The highest BCUT2D eigenvalue weighted by Crippen LogP contribution is 2.67. The third kappa shape index (κ3) is 4.36. The zero-order chi connectivity index (χ0) is 27.3. The summed E-state index contributed by atoms with van der Waals surface area (Å²) in [4.78, 5) is 24.7. The summed E-state index contributed by atoms with van der Waals surface area (Å²) in [6, 6.07) is 9.08. The molecule has 2 aromatic rings. The summed E-state index contributed by atoms with van der Waals surface area (Å²) in [5, 5.41) is 18.4. The highest BCUT2D eigenvalue weighted by molar-refractivity contribution is 7.92. The lowest BCUT2D eigenvalue weighted by Gasteiger charge is -2.32. The predicted octanol–water partition coefficient (Wildman–Crippen LogP) is 3.88. The number of carbonyl (C=O) groups is 2. The molecule has 2 unspecified atom stereocenters. The Bertz CT molecular complexity index is 1430. The molecule has 2 aromatic carbocycles. The molecule has 0 saturated heterocycles. The number of ether oxygens (including phenoxy) is 1. The van der Waals surface area contributed by atoms with Crippen molar-refractivity contribution >= 4 is 44.9 Å². The van der Waals surface area contributed by atoms with Crippen molar-refractivity contribution in [2.45, 2.75) is 42.1 Å². The number of sulfone groups is 1. The first kappa shape index (κ1) is 27.3. The van der Waals surface area contributed by atoms with Crippen LogP contribution in [0.5, 0.6) is 0 Å². The van der Waals surface area contributed by atoms with E-state index in [1.54, 1.807) is 6.07 Å². The van der Waals surface area contributed by atoms with Crippen molar-refractivity contribution in [3.05, 3.63) is 63.6 Å². The van der Waals surface area contributed by atoms with Crippen LogP contribution in [-0.2, 0) is 30.8 Å². The lowest BCUT2D eigenvalue weighted by molar-refractivity contribution is -0.161. The van der Waals surface area contributed by atoms with Crippen molar-refractivity contribution in [3.63, 3.8) is 0 Å². The van der Waals surface area contributed by atoms with Crippen molar-refractivity contribution in [2.75, 3.05) is 0 Å². The Morgan fingerprint density at radius 1 is 1.19 bits per heavy atom. The molecule has 196 valence electrons. The third-order valence-corrected chi connectivity index (χ3v) is 10.2. The van der Waals surface area contributed by atoms with Gasteiger partial charge in [-0.1, -0.05) is 35.3 Å². The average molecular weight is 573 g/mol. The van der Waals surface area contributed by atoms with E-state index in [0.29, 0.717) is 0 Å². The van der Waals surface area contributed by atoms with Crippen molar-refractivity contribution in [1.29, 1.82) is 5.26 Å². The van der Waals surface area contributed by atoms with E-state index >= 15 is 0 Å². The van der Waals surface area contributed by atoms with Gasteiger partial charge in [0.25, 0.3) is 0 Å². The molecule has 2 fully saturated rings. The van der Waals surface area contributed by atoms with Crippen LogP contribution in [0.1, 0.15) is 24.8 Å². The molecule has 13 heteroatoms. The topological polar surface area (TPSA) is 148 Å². The molecule has 0 heterocycles. The zero-order valence-corrected chi connectivity index (χ0v) is 21.3. The quantitative estimate of drug-likeness (QED) is 0.487. The van der Waals surface area contributed by atoms with E-state index in [4.69, 9.17) is 33.7 Å². The van der Waals surface area contributed by atoms with Crippen LogP contribution in [0, 0.1) is 39.7 Å². The predicted molar refractivity (Wildman–Crippen MR) is 127 cm³/mol. The number of carbonyl (C=O) groups excluding carboxylic acids is 1. The maximum atomic E-state index is 14.4. The number of hydrogen-bond acceptors (Lipinski definition) is 6. The maximum Gasteiger partial charge on any atom is 0.312 e. The number of rotatable bonds is 8. The second-order valence-electron chi connectivity index (χ2n) is 9.23. The standard InChI is InChI=1S/C24H20Cl2F2N2O6S/c25-12-5-16(27)14(17(28)6-12)10-36-20-7-13(37(34,35)18-4-2-1-3-15(18)26)8-24(20,22(32)33)19-9-23(19,11-29)21(30)31/h1-6,13,19-20H,7-10H2,(H2,30,31)(H,32,33)/t13-,19?,20+,23?,24+/m1/s1. The second kappa shape index (κ2) is 9.51. The highest BCUT2D eigenvalue weighted by atomic mass is 35.5. The van der Waals surface area contributed by atoms with Gasteiger partial charge in [-0.25, -0.2) is 17.2 Å². The number of primary amides is 1. The van der Waals surface area contributed by atoms with Gasteiger partial charge in [-0.3, -0.25) is 9.59 Å². The molecule has 1 amide bonds. The number of aliphatic carboxylic acids is 1. The molecule has 0 spiro atoms. The van der Waals surface area contributed by atoms with Gasteiger partial charge in [0.05, 0.1) is 33.9 Å². The first-order valence-corrected chi connectivity index (χ1v) is 13.3. The number of carboxylic acids is 1. The van der Waals surface area contributed by atoms with Gasteiger partial charge in [-0.05, 0) is 43.5 Å². The van der Waals surface area contributed by atoms with Crippen molar-refractivity contribution in [3.8, 4) is 6.07 Å². The molecule has 37 heavy (non-hydrogen) atoms. The van der Waals surface area contributed by atoms with Crippen molar-refractivity contribution in [1.82, 2.24) is 0 Å². The Kier molecular flexibility index (Phi) is 7.01. The molecular weight excluding hydrogens is 553 g/mol. The second-order valence-corrected chi connectivity index (χ2v) is 12.3. The van der Waals surface area contributed by atoms with Crippen molar-refractivity contribution in [2.24, 2.45) is 22.5 Å². The summed E-state index contributed by atoms with van der Waals surface area (Å²) in [5.41, 5.74) is 0.957. The summed E-state index contributed by atoms with van der Waals surface area (Å²) in [7, 11) is -4.22. The summed E-state index contributed by atoms with van der Waals surface area (Å²) in [5.74, 6) is -5.84. The number of amides is 1. The van der Waals surface area contributed by atoms with E-state index in [1.807, 2.05) is 0 Å². The minimum absolute atomic E-state index is 0.0759. The Labute approximate surface area is 220 Å². The van der Waals surface area contributed by atoms with Gasteiger partial charge in [0.2, 0.25) is 5.91 Å². The zero-order valence-electron chi connectivity index (χ0n) is 19.0. The van der Waals surface area contributed by atoms with E-state index in [0.717, 1.165) is 12.1 Å². The summed E-state index contributed by atoms with van der Waals surface area (Å²) < 4.78 is 61.5. The van der Waals surface area contributed by atoms with Crippen molar-refractivity contribution < 1.29 is 36.6 Å². The van der Waals surface area contributed by atoms with Gasteiger partial charge in [0.15, 0.2) is 9.84 Å². The van der Waals surface area contributed by atoms with E-state index in [2.05, 4.69) is 0 Å². The molecule has 0 radical (unpaired) electrons. The number of carboxylic acid groups (broad SMARTS) is 1. The summed E-state index contributed by atoms with van der Waals surface area (Å²) in [6.07, 6.45) is -2.60. The fraction of sp³-hybridized carbons (Fsp3) is 0.375. The smallest absolute Gasteiger partial charge is 0.312 e. The van der Waals surface area contributed by atoms with Crippen LogP contribution >= 0.6 is 23.2 Å². The number of nitrogens with zero attached hydrogens (tertiary/aromatic N) is 1. The van der Waals surface area contributed by atoms with Gasteiger partial charge in [0.1, 0.15) is 22.5 Å². The fourth-order valence-corrected chi connectivity index (χ4v) is 7.86. The Hall–Kier alpha value is -2.78. The van der Waals surface area contributed by atoms with Crippen LogP contribution in [0.15, 0.2) is 41.3 Å². The first-order chi connectivity index (χ1) is 17.3. The molecule has 8 nitrogen and oxygen atoms in total.